The van der Waals surface area contributed by atoms with Gasteiger partial charge in [-0.05, 0) is 24.1 Å². The Balaban J connectivity index is 3.17. The molecule has 0 radical (unpaired) electrons. The van der Waals surface area contributed by atoms with Gasteiger partial charge in [0.05, 0.1) is 6.61 Å². The van der Waals surface area contributed by atoms with E-state index in [-0.39, 0.29) is 17.9 Å². The molecule has 0 spiro atoms. The van der Waals surface area contributed by atoms with E-state index in [4.69, 9.17) is 9.66 Å². The normalized spacial score (nSPS) is 11.7. The van der Waals surface area contributed by atoms with Gasteiger partial charge in [-0.25, -0.2) is 0 Å². The Morgan fingerprint density at radius 3 is 2.40 bits per heavy atom. The van der Waals surface area contributed by atoms with Crippen LogP contribution in [-0.4, -0.2) is 23.2 Å². The number of phenols is 1. The van der Waals surface area contributed by atoms with Crippen molar-refractivity contribution in [1.29, 1.82) is 0 Å². The van der Waals surface area contributed by atoms with E-state index in [1.165, 1.54) is 12.1 Å². The van der Waals surface area contributed by atoms with Crippen molar-refractivity contribution in [2.45, 2.75) is 19.3 Å². The standard InChI is InChI=1S/C9H12O5S/c1-6-2-7(5-15(12,13)14)3-8(4-10)9(6)11/h2-3,10-11H,4-5H2,1H3,(H,12,13,14). The van der Waals surface area contributed by atoms with Crippen molar-refractivity contribution in [3.05, 3.63) is 28.8 Å². The van der Waals surface area contributed by atoms with Crippen LogP contribution in [0.2, 0.25) is 0 Å². The number of aromatic hydroxyl groups is 1. The maximum Gasteiger partial charge on any atom is 0.269 e. The van der Waals surface area contributed by atoms with Crippen LogP contribution in [0.15, 0.2) is 12.1 Å². The Hall–Kier alpha value is -1.11. The molecule has 0 heterocycles. The molecule has 0 aliphatic carbocycles. The van der Waals surface area contributed by atoms with Crippen LogP contribution in [-0.2, 0) is 22.5 Å². The maximum atomic E-state index is 10.6. The van der Waals surface area contributed by atoms with Crippen molar-refractivity contribution < 1.29 is 23.2 Å². The Morgan fingerprint density at radius 1 is 1.33 bits per heavy atom. The van der Waals surface area contributed by atoms with E-state index >= 15 is 0 Å². The summed E-state index contributed by atoms with van der Waals surface area (Å²) < 4.78 is 29.9. The van der Waals surface area contributed by atoms with Crippen LogP contribution in [0.4, 0.5) is 0 Å². The van der Waals surface area contributed by atoms with Gasteiger partial charge in [0, 0.05) is 5.56 Å². The molecule has 0 saturated heterocycles. The lowest BCUT2D eigenvalue weighted by Gasteiger charge is -2.07. The van der Waals surface area contributed by atoms with Crippen LogP contribution in [0.3, 0.4) is 0 Å². The lowest BCUT2D eigenvalue weighted by atomic mass is 10.1. The second-order valence-corrected chi connectivity index (χ2v) is 4.76. The summed E-state index contributed by atoms with van der Waals surface area (Å²) in [5, 5.41) is 18.3. The molecule has 1 aromatic carbocycles. The van der Waals surface area contributed by atoms with Gasteiger partial charge in [-0.3, -0.25) is 4.55 Å². The molecule has 1 rings (SSSR count). The third-order valence-corrected chi connectivity index (χ3v) is 2.66. The van der Waals surface area contributed by atoms with Gasteiger partial charge >= 0.3 is 0 Å². The zero-order valence-corrected chi connectivity index (χ0v) is 8.95. The summed E-state index contributed by atoms with van der Waals surface area (Å²) in [5.41, 5.74) is 1.03. The lowest BCUT2D eigenvalue weighted by Crippen LogP contribution is -2.03. The molecule has 15 heavy (non-hydrogen) atoms. The van der Waals surface area contributed by atoms with Crippen LogP contribution < -0.4 is 0 Å². The molecule has 6 heteroatoms. The SMILES string of the molecule is Cc1cc(CS(=O)(=O)O)cc(CO)c1O. The van der Waals surface area contributed by atoms with E-state index in [2.05, 4.69) is 0 Å². The highest BCUT2D eigenvalue weighted by atomic mass is 32.2. The van der Waals surface area contributed by atoms with Gasteiger partial charge in [0.1, 0.15) is 11.5 Å². The summed E-state index contributed by atoms with van der Waals surface area (Å²) in [7, 11) is -4.10. The third kappa shape index (κ3) is 3.19. The average molecular weight is 232 g/mol. The van der Waals surface area contributed by atoms with Crippen LogP contribution in [0.5, 0.6) is 5.75 Å². The van der Waals surface area contributed by atoms with E-state index in [1.54, 1.807) is 6.92 Å². The Labute approximate surface area is 87.7 Å². The quantitative estimate of drug-likeness (QED) is 0.663. The van der Waals surface area contributed by atoms with Gasteiger partial charge in [0.25, 0.3) is 10.1 Å². The fraction of sp³-hybridized carbons (Fsp3) is 0.333. The van der Waals surface area contributed by atoms with Gasteiger partial charge in [0.2, 0.25) is 0 Å². The molecule has 0 aliphatic rings. The zero-order valence-electron chi connectivity index (χ0n) is 8.14. The predicted molar refractivity (Wildman–Crippen MR) is 54.0 cm³/mol. The van der Waals surface area contributed by atoms with Gasteiger partial charge in [-0.15, -0.1) is 0 Å². The number of hydrogen-bond acceptors (Lipinski definition) is 4. The maximum absolute atomic E-state index is 10.6. The van der Waals surface area contributed by atoms with Crippen molar-refractivity contribution in [3.63, 3.8) is 0 Å². The molecule has 0 aliphatic heterocycles. The number of aliphatic hydroxyl groups is 1. The van der Waals surface area contributed by atoms with Crippen molar-refractivity contribution in [1.82, 2.24) is 0 Å². The summed E-state index contributed by atoms with van der Waals surface area (Å²) in [6, 6.07) is 2.79. The molecule has 5 nitrogen and oxygen atoms in total. The molecule has 0 amide bonds. The summed E-state index contributed by atoms with van der Waals surface area (Å²) >= 11 is 0. The molecular weight excluding hydrogens is 220 g/mol. The van der Waals surface area contributed by atoms with Crippen LogP contribution in [0.25, 0.3) is 0 Å². The minimum absolute atomic E-state index is 0.0587. The second-order valence-electron chi connectivity index (χ2n) is 3.30. The Morgan fingerprint density at radius 2 is 1.93 bits per heavy atom. The molecule has 0 unspecified atom stereocenters. The smallest absolute Gasteiger partial charge is 0.269 e. The summed E-state index contributed by atoms with van der Waals surface area (Å²) in [6.45, 7) is 1.20. The molecule has 84 valence electrons. The fourth-order valence-electron chi connectivity index (χ4n) is 1.35. The minimum atomic E-state index is -4.10. The molecule has 0 aromatic heterocycles. The fourth-order valence-corrected chi connectivity index (χ4v) is 1.94. The van der Waals surface area contributed by atoms with E-state index in [0.717, 1.165) is 0 Å². The van der Waals surface area contributed by atoms with Crippen molar-refractivity contribution in [2.75, 3.05) is 0 Å². The highest BCUT2D eigenvalue weighted by molar-refractivity contribution is 7.85. The highest BCUT2D eigenvalue weighted by Gasteiger charge is 2.11. The first-order chi connectivity index (χ1) is 6.83. The number of rotatable bonds is 3. The van der Waals surface area contributed by atoms with Gasteiger partial charge < -0.3 is 10.2 Å². The van der Waals surface area contributed by atoms with Crippen LogP contribution >= 0.6 is 0 Å². The van der Waals surface area contributed by atoms with Gasteiger partial charge in [0.15, 0.2) is 0 Å². The van der Waals surface area contributed by atoms with Crippen LogP contribution in [0, 0.1) is 6.92 Å². The second kappa shape index (κ2) is 4.18. The number of aryl methyl sites for hydroxylation is 1. The molecule has 1 aromatic rings. The van der Waals surface area contributed by atoms with E-state index in [9.17, 15) is 13.5 Å². The zero-order chi connectivity index (χ0) is 11.6. The van der Waals surface area contributed by atoms with Crippen LogP contribution in [0.1, 0.15) is 16.7 Å². The first-order valence-electron chi connectivity index (χ1n) is 4.21. The van der Waals surface area contributed by atoms with Gasteiger partial charge in [-0.2, -0.15) is 8.42 Å². The summed E-state index contributed by atoms with van der Waals surface area (Å²) in [6.07, 6.45) is 0. The van der Waals surface area contributed by atoms with Crippen molar-refractivity contribution in [3.8, 4) is 5.75 Å². The largest absolute Gasteiger partial charge is 0.507 e. The topological polar surface area (TPSA) is 94.8 Å². The summed E-state index contributed by atoms with van der Waals surface area (Å²) in [4.78, 5) is 0. The number of benzene rings is 1. The minimum Gasteiger partial charge on any atom is -0.507 e. The Kier molecular flexibility index (Phi) is 3.33. The number of hydrogen-bond donors (Lipinski definition) is 3. The van der Waals surface area contributed by atoms with E-state index in [1.807, 2.05) is 0 Å². The number of aliphatic hydroxyl groups excluding tert-OH is 1. The lowest BCUT2D eigenvalue weighted by molar-refractivity contribution is 0.275. The molecule has 3 N–H and O–H groups in total. The van der Waals surface area contributed by atoms with E-state index < -0.39 is 15.9 Å². The molecular formula is C9H12O5S. The Bertz CT molecular complexity index is 464. The first-order valence-corrected chi connectivity index (χ1v) is 5.82. The molecule has 0 atom stereocenters. The first kappa shape index (κ1) is 12.0. The molecule has 0 bridgehead atoms. The average Bonchev–Trinajstić information content (AvgIpc) is 2.08. The third-order valence-electron chi connectivity index (χ3n) is 1.96. The van der Waals surface area contributed by atoms with Crippen molar-refractivity contribution in [2.24, 2.45) is 0 Å². The van der Waals surface area contributed by atoms with Crippen molar-refractivity contribution >= 4 is 10.1 Å². The highest BCUT2D eigenvalue weighted by Crippen LogP contribution is 2.24. The van der Waals surface area contributed by atoms with Gasteiger partial charge in [-0.1, -0.05) is 6.07 Å². The molecule has 0 saturated carbocycles. The summed E-state index contributed by atoms with van der Waals surface area (Å²) in [5.74, 6) is -0.585. The molecule has 0 fully saturated rings. The predicted octanol–water partition coefficient (Wildman–Crippen LogP) is 0.581. The van der Waals surface area contributed by atoms with E-state index in [0.29, 0.717) is 11.1 Å². The monoisotopic (exact) mass is 232 g/mol.